The number of benzene rings is 2. The van der Waals surface area contributed by atoms with Crippen molar-refractivity contribution in [3.05, 3.63) is 95.3 Å². The minimum atomic E-state index is -0.820. The number of phenolic OH excluding ortho intramolecular Hbond substituents is 1. The van der Waals surface area contributed by atoms with Crippen molar-refractivity contribution in [2.24, 2.45) is 0 Å². The minimum absolute atomic E-state index is 0.00705. The van der Waals surface area contributed by atoms with Gasteiger partial charge < -0.3 is 19.8 Å². The fourth-order valence-corrected chi connectivity index (χ4v) is 3.84. The van der Waals surface area contributed by atoms with E-state index in [1.54, 1.807) is 60.9 Å². The highest BCUT2D eigenvalue weighted by Gasteiger charge is 2.46. The number of Topliss-reactive ketones (excluding diaryl/α,β-unsaturated/α-hetero) is 1. The molecule has 0 saturated carbocycles. The van der Waals surface area contributed by atoms with Gasteiger partial charge in [0.1, 0.15) is 17.3 Å². The first kappa shape index (κ1) is 22.1. The average Bonchev–Trinajstić information content (AvgIpc) is 3.08. The molecule has 1 atom stereocenters. The molecule has 1 fully saturated rings. The van der Waals surface area contributed by atoms with Crippen molar-refractivity contribution in [3.63, 3.8) is 0 Å². The summed E-state index contributed by atoms with van der Waals surface area (Å²) in [6.07, 6.45) is 4.06. The Morgan fingerprint density at radius 3 is 2.48 bits per heavy atom. The molecule has 168 valence electrons. The summed E-state index contributed by atoms with van der Waals surface area (Å²) < 4.78 is 5.65. The summed E-state index contributed by atoms with van der Waals surface area (Å²) in [4.78, 5) is 31.6. The number of aliphatic hydroxyl groups excluding tert-OH is 1. The summed E-state index contributed by atoms with van der Waals surface area (Å²) in [5, 5.41) is 20.9. The molecule has 2 heterocycles. The summed E-state index contributed by atoms with van der Waals surface area (Å²) >= 11 is 0. The molecule has 33 heavy (non-hydrogen) atoms. The molecule has 2 N–H and O–H groups in total. The van der Waals surface area contributed by atoms with Crippen LogP contribution in [-0.4, -0.2) is 38.4 Å². The van der Waals surface area contributed by atoms with E-state index in [1.165, 1.54) is 17.0 Å². The highest BCUT2D eigenvalue weighted by atomic mass is 16.5. The Kier molecular flexibility index (Phi) is 6.40. The number of likely N-dealkylation sites (tertiary alicyclic amines) is 1. The minimum Gasteiger partial charge on any atom is -0.508 e. The van der Waals surface area contributed by atoms with Crippen molar-refractivity contribution in [2.45, 2.75) is 25.9 Å². The molecule has 1 aliphatic heterocycles. The van der Waals surface area contributed by atoms with Crippen LogP contribution in [0.5, 0.6) is 11.5 Å². The summed E-state index contributed by atoms with van der Waals surface area (Å²) in [7, 11) is 0. The van der Waals surface area contributed by atoms with Crippen molar-refractivity contribution in [1.29, 1.82) is 0 Å². The van der Waals surface area contributed by atoms with E-state index in [0.717, 1.165) is 12.0 Å². The predicted octanol–water partition coefficient (Wildman–Crippen LogP) is 4.20. The molecule has 1 aliphatic rings. The molecule has 1 amide bonds. The van der Waals surface area contributed by atoms with Crippen molar-refractivity contribution < 1.29 is 24.5 Å². The number of phenols is 1. The molecule has 1 unspecified atom stereocenters. The molecular weight excluding hydrogens is 420 g/mol. The summed E-state index contributed by atoms with van der Waals surface area (Å²) in [5.74, 6) is -1.12. The number of amides is 1. The SMILES string of the molecule is CCCOc1cccc(C(O)=C2C(=O)C(=O)N(Cc3ccncc3)C2c2ccc(O)cc2)c1. The van der Waals surface area contributed by atoms with E-state index >= 15 is 0 Å². The standard InChI is InChI=1S/C26H24N2O5/c1-2-14-33-21-5-3-4-19(15-21)24(30)22-23(18-6-8-20(29)9-7-18)28(26(32)25(22)31)16-17-10-12-27-13-11-17/h3-13,15,23,29-30H,2,14,16H2,1H3. The number of ketones is 1. The summed E-state index contributed by atoms with van der Waals surface area (Å²) in [6.45, 7) is 2.68. The average molecular weight is 444 g/mol. The molecule has 0 radical (unpaired) electrons. The number of aromatic nitrogens is 1. The zero-order valence-electron chi connectivity index (χ0n) is 18.1. The Bertz CT molecular complexity index is 1190. The number of hydrogen-bond acceptors (Lipinski definition) is 6. The largest absolute Gasteiger partial charge is 0.508 e. The van der Waals surface area contributed by atoms with E-state index in [9.17, 15) is 19.8 Å². The van der Waals surface area contributed by atoms with Crippen LogP contribution in [0.3, 0.4) is 0 Å². The third-order valence-corrected chi connectivity index (χ3v) is 5.43. The third kappa shape index (κ3) is 4.57. The van der Waals surface area contributed by atoms with Crippen LogP contribution in [-0.2, 0) is 16.1 Å². The lowest BCUT2D eigenvalue weighted by molar-refractivity contribution is -0.140. The second-order valence-corrected chi connectivity index (χ2v) is 7.75. The van der Waals surface area contributed by atoms with Gasteiger partial charge in [-0.2, -0.15) is 0 Å². The number of pyridine rings is 1. The molecule has 1 aromatic heterocycles. The first-order valence-electron chi connectivity index (χ1n) is 10.7. The molecule has 7 heteroatoms. The zero-order chi connectivity index (χ0) is 23.4. The van der Waals surface area contributed by atoms with Crippen molar-refractivity contribution >= 4 is 17.4 Å². The second-order valence-electron chi connectivity index (χ2n) is 7.75. The van der Waals surface area contributed by atoms with Gasteiger partial charge in [0.25, 0.3) is 11.7 Å². The highest BCUT2D eigenvalue weighted by Crippen LogP contribution is 2.40. The number of carbonyl (C=O) groups is 2. The van der Waals surface area contributed by atoms with Crippen molar-refractivity contribution in [3.8, 4) is 11.5 Å². The normalized spacial score (nSPS) is 17.4. The number of aliphatic hydroxyl groups is 1. The van der Waals surface area contributed by atoms with Crippen molar-refractivity contribution in [1.82, 2.24) is 9.88 Å². The van der Waals surface area contributed by atoms with Crippen LogP contribution in [0.15, 0.2) is 78.6 Å². The molecule has 4 rings (SSSR count). The summed E-state index contributed by atoms with van der Waals surface area (Å²) in [6, 6.07) is 15.8. The molecule has 3 aromatic rings. The van der Waals surface area contributed by atoms with Crippen LogP contribution in [0.1, 0.15) is 36.1 Å². The van der Waals surface area contributed by atoms with Crippen LogP contribution in [0.25, 0.3) is 5.76 Å². The van der Waals surface area contributed by atoms with E-state index in [2.05, 4.69) is 4.98 Å². The van der Waals surface area contributed by atoms with Crippen LogP contribution < -0.4 is 4.74 Å². The molecule has 0 aliphatic carbocycles. The Balaban J connectivity index is 1.81. The number of rotatable bonds is 7. The van der Waals surface area contributed by atoms with Gasteiger partial charge in [-0.1, -0.05) is 31.2 Å². The second kappa shape index (κ2) is 9.56. The van der Waals surface area contributed by atoms with Crippen molar-refractivity contribution in [2.75, 3.05) is 6.61 Å². The van der Waals surface area contributed by atoms with Crippen LogP contribution in [0.4, 0.5) is 0 Å². The zero-order valence-corrected chi connectivity index (χ0v) is 18.1. The highest BCUT2D eigenvalue weighted by molar-refractivity contribution is 6.46. The maximum Gasteiger partial charge on any atom is 0.295 e. The third-order valence-electron chi connectivity index (χ3n) is 5.43. The predicted molar refractivity (Wildman–Crippen MR) is 122 cm³/mol. The molecule has 1 saturated heterocycles. The van der Waals surface area contributed by atoms with Gasteiger partial charge in [-0.3, -0.25) is 14.6 Å². The fourth-order valence-electron chi connectivity index (χ4n) is 3.84. The smallest absolute Gasteiger partial charge is 0.295 e. The first-order chi connectivity index (χ1) is 16.0. The van der Waals surface area contributed by atoms with Gasteiger partial charge in [0.2, 0.25) is 0 Å². The van der Waals surface area contributed by atoms with E-state index in [0.29, 0.717) is 23.5 Å². The monoisotopic (exact) mass is 444 g/mol. The van der Waals surface area contributed by atoms with Gasteiger partial charge >= 0.3 is 0 Å². The van der Waals surface area contributed by atoms with Gasteiger partial charge in [0.05, 0.1) is 18.2 Å². The number of nitrogens with zero attached hydrogens (tertiary/aromatic N) is 2. The number of ether oxygens (including phenoxy) is 1. The van der Waals surface area contributed by atoms with Crippen LogP contribution >= 0.6 is 0 Å². The topological polar surface area (TPSA) is 100.0 Å². The van der Waals surface area contributed by atoms with Gasteiger partial charge in [-0.05, 0) is 53.9 Å². The van der Waals surface area contributed by atoms with Gasteiger partial charge in [0.15, 0.2) is 0 Å². The quantitative estimate of drug-likeness (QED) is 0.322. The Labute approximate surface area is 191 Å². The first-order valence-corrected chi connectivity index (χ1v) is 10.7. The van der Waals surface area contributed by atoms with Crippen LogP contribution in [0.2, 0.25) is 0 Å². The van der Waals surface area contributed by atoms with Gasteiger partial charge in [-0.25, -0.2) is 0 Å². The van der Waals surface area contributed by atoms with Gasteiger partial charge in [0, 0.05) is 24.5 Å². The Morgan fingerprint density at radius 2 is 1.79 bits per heavy atom. The fraction of sp³-hybridized carbons (Fsp3) is 0.192. The molecule has 0 bridgehead atoms. The number of hydrogen-bond donors (Lipinski definition) is 2. The molecule has 0 spiro atoms. The molecule has 7 nitrogen and oxygen atoms in total. The number of carbonyl (C=O) groups excluding carboxylic acids is 2. The summed E-state index contributed by atoms with van der Waals surface area (Å²) in [5.41, 5.74) is 1.77. The Hall–Kier alpha value is -4.13. The lowest BCUT2D eigenvalue weighted by atomic mass is 9.95. The van der Waals surface area contributed by atoms with Crippen LogP contribution in [0, 0.1) is 0 Å². The number of aromatic hydroxyl groups is 1. The maximum absolute atomic E-state index is 13.1. The van der Waals surface area contributed by atoms with E-state index in [-0.39, 0.29) is 23.6 Å². The Morgan fingerprint density at radius 1 is 1.06 bits per heavy atom. The molecular formula is C26H24N2O5. The lowest BCUT2D eigenvalue weighted by Crippen LogP contribution is -2.29. The van der Waals surface area contributed by atoms with E-state index < -0.39 is 17.7 Å². The van der Waals surface area contributed by atoms with E-state index in [1.807, 2.05) is 6.92 Å². The van der Waals surface area contributed by atoms with Gasteiger partial charge in [-0.15, -0.1) is 0 Å². The molecule has 2 aromatic carbocycles. The lowest BCUT2D eigenvalue weighted by Gasteiger charge is -2.25. The van der Waals surface area contributed by atoms with E-state index in [4.69, 9.17) is 4.74 Å². The maximum atomic E-state index is 13.1.